The summed E-state index contributed by atoms with van der Waals surface area (Å²) >= 11 is 1.41. The van der Waals surface area contributed by atoms with E-state index in [1.807, 2.05) is 5.38 Å². The number of aromatic nitrogens is 1. The molecule has 1 saturated heterocycles. The van der Waals surface area contributed by atoms with Gasteiger partial charge >= 0.3 is 5.97 Å². The molecule has 2 unspecified atom stereocenters. The number of ether oxygens (including phenoxy) is 1. The summed E-state index contributed by atoms with van der Waals surface area (Å²) in [5.41, 5.74) is 0.913. The molecule has 1 aliphatic rings. The maximum atomic E-state index is 11.6. The van der Waals surface area contributed by atoms with Gasteiger partial charge in [0, 0.05) is 31.9 Å². The maximum absolute atomic E-state index is 11.6. The van der Waals surface area contributed by atoms with E-state index in [-0.39, 0.29) is 23.7 Å². The molecule has 0 aliphatic carbocycles. The van der Waals surface area contributed by atoms with Crippen LogP contribution in [0.2, 0.25) is 0 Å². The zero-order chi connectivity index (χ0) is 14.7. The molecule has 1 aliphatic heterocycles. The number of thiazole rings is 1. The zero-order valence-electron chi connectivity index (χ0n) is 11.9. The molecule has 2 rings (SSSR count). The summed E-state index contributed by atoms with van der Waals surface area (Å²) in [4.78, 5) is 29.1. The summed E-state index contributed by atoms with van der Waals surface area (Å²) in [5.74, 6) is -0.0342. The van der Waals surface area contributed by atoms with E-state index in [1.54, 1.807) is 0 Å². The van der Waals surface area contributed by atoms with Crippen LogP contribution >= 0.6 is 11.3 Å². The quantitative estimate of drug-likeness (QED) is 0.849. The van der Waals surface area contributed by atoms with Crippen LogP contribution in [0.3, 0.4) is 0 Å². The Balaban J connectivity index is 1.93. The Morgan fingerprint density at radius 1 is 1.55 bits per heavy atom. The number of methoxy groups -OCH3 is 1. The molecule has 7 heteroatoms. The molecule has 1 aromatic rings. The molecule has 0 bridgehead atoms. The second-order valence-electron chi connectivity index (χ2n) is 5.13. The maximum Gasteiger partial charge on any atom is 0.310 e. The summed E-state index contributed by atoms with van der Waals surface area (Å²) in [6, 6.07) is 0. The molecule has 1 N–H and O–H groups in total. The molecule has 0 aromatic carbocycles. The van der Waals surface area contributed by atoms with Gasteiger partial charge in [0.1, 0.15) is 0 Å². The van der Waals surface area contributed by atoms with Gasteiger partial charge in [-0.3, -0.25) is 14.5 Å². The van der Waals surface area contributed by atoms with Gasteiger partial charge in [-0.1, -0.05) is 6.92 Å². The van der Waals surface area contributed by atoms with Gasteiger partial charge in [-0.25, -0.2) is 4.98 Å². The minimum atomic E-state index is -0.141. The Labute approximate surface area is 122 Å². The Morgan fingerprint density at radius 3 is 2.95 bits per heavy atom. The molecule has 2 atom stereocenters. The molecule has 0 radical (unpaired) electrons. The van der Waals surface area contributed by atoms with Crippen LogP contribution in [-0.2, 0) is 20.9 Å². The molecule has 20 heavy (non-hydrogen) atoms. The van der Waals surface area contributed by atoms with Crippen LogP contribution in [-0.4, -0.2) is 42.0 Å². The lowest BCUT2D eigenvalue weighted by Gasteiger charge is -2.13. The molecule has 0 saturated carbocycles. The topological polar surface area (TPSA) is 71.5 Å². The molecule has 110 valence electrons. The Hall–Kier alpha value is -1.47. The molecular formula is C13H19N3O3S. The first-order valence-corrected chi connectivity index (χ1v) is 7.39. The van der Waals surface area contributed by atoms with Crippen molar-refractivity contribution in [2.24, 2.45) is 11.8 Å². The molecule has 1 fully saturated rings. The highest BCUT2D eigenvalue weighted by molar-refractivity contribution is 7.13. The summed E-state index contributed by atoms with van der Waals surface area (Å²) in [5, 5.41) is 5.22. The van der Waals surface area contributed by atoms with E-state index in [1.165, 1.54) is 25.4 Å². The van der Waals surface area contributed by atoms with Crippen molar-refractivity contribution in [3.05, 3.63) is 11.1 Å². The monoisotopic (exact) mass is 297 g/mol. The number of nitrogens with zero attached hydrogens (tertiary/aromatic N) is 2. The minimum absolute atomic E-state index is 0.0616. The fraction of sp³-hybridized carbons (Fsp3) is 0.615. The standard InChI is InChI=1S/C13H19N3O3S/c1-8-4-16(6-11(8)12(18)19-3)5-10-7-20-13(15-10)14-9(2)17/h7-8,11H,4-6H2,1-3H3,(H,14,15,17). The van der Waals surface area contributed by atoms with Crippen molar-refractivity contribution < 1.29 is 14.3 Å². The average Bonchev–Trinajstić information content (AvgIpc) is 2.95. The smallest absolute Gasteiger partial charge is 0.310 e. The number of rotatable bonds is 4. The normalized spacial score (nSPS) is 22.8. The second kappa shape index (κ2) is 6.32. The van der Waals surface area contributed by atoms with Crippen molar-refractivity contribution in [1.82, 2.24) is 9.88 Å². The third-order valence-corrected chi connectivity index (χ3v) is 4.22. The fourth-order valence-corrected chi connectivity index (χ4v) is 3.22. The largest absolute Gasteiger partial charge is 0.469 e. The summed E-state index contributed by atoms with van der Waals surface area (Å²) in [6.45, 7) is 5.76. The summed E-state index contributed by atoms with van der Waals surface area (Å²) in [6.07, 6.45) is 0. The number of amides is 1. The van der Waals surface area contributed by atoms with E-state index in [9.17, 15) is 9.59 Å². The van der Waals surface area contributed by atoms with Gasteiger partial charge in [-0.15, -0.1) is 11.3 Å². The van der Waals surface area contributed by atoms with Crippen LogP contribution in [0, 0.1) is 11.8 Å². The predicted octanol–water partition coefficient (Wildman–Crippen LogP) is 1.34. The van der Waals surface area contributed by atoms with E-state index >= 15 is 0 Å². The van der Waals surface area contributed by atoms with Crippen molar-refractivity contribution >= 4 is 28.3 Å². The van der Waals surface area contributed by atoms with Gasteiger partial charge in [0.2, 0.25) is 5.91 Å². The first-order chi connectivity index (χ1) is 9.49. The zero-order valence-corrected chi connectivity index (χ0v) is 12.7. The van der Waals surface area contributed by atoms with Gasteiger partial charge in [0.15, 0.2) is 5.13 Å². The van der Waals surface area contributed by atoms with Crippen molar-refractivity contribution in [3.8, 4) is 0 Å². The predicted molar refractivity (Wildman–Crippen MR) is 76.4 cm³/mol. The van der Waals surface area contributed by atoms with E-state index in [0.717, 1.165) is 12.2 Å². The van der Waals surface area contributed by atoms with Gasteiger partial charge in [0.25, 0.3) is 0 Å². The SMILES string of the molecule is COC(=O)C1CN(Cc2csc(NC(C)=O)n2)CC1C. The van der Waals surface area contributed by atoms with Gasteiger partial charge < -0.3 is 10.1 Å². The molecule has 0 spiro atoms. The third kappa shape index (κ3) is 3.55. The van der Waals surface area contributed by atoms with E-state index in [2.05, 4.69) is 22.1 Å². The average molecular weight is 297 g/mol. The second-order valence-corrected chi connectivity index (χ2v) is 5.98. The number of anilines is 1. The number of hydrogen-bond acceptors (Lipinski definition) is 6. The molecule has 6 nitrogen and oxygen atoms in total. The van der Waals surface area contributed by atoms with Crippen LogP contribution in [0.1, 0.15) is 19.5 Å². The van der Waals surface area contributed by atoms with Crippen molar-refractivity contribution in [2.75, 3.05) is 25.5 Å². The highest BCUT2D eigenvalue weighted by Crippen LogP contribution is 2.26. The number of nitrogens with one attached hydrogen (secondary N) is 1. The fourth-order valence-electron chi connectivity index (χ4n) is 2.47. The molecule has 2 heterocycles. The van der Waals surface area contributed by atoms with Crippen LogP contribution in [0.15, 0.2) is 5.38 Å². The molecule has 1 amide bonds. The van der Waals surface area contributed by atoms with E-state index in [4.69, 9.17) is 4.74 Å². The number of esters is 1. The van der Waals surface area contributed by atoms with E-state index in [0.29, 0.717) is 18.2 Å². The molecular weight excluding hydrogens is 278 g/mol. The highest BCUT2D eigenvalue weighted by Gasteiger charge is 2.35. The Bertz CT molecular complexity index is 503. The lowest BCUT2D eigenvalue weighted by atomic mass is 9.99. The van der Waals surface area contributed by atoms with Gasteiger partial charge in [0.05, 0.1) is 18.7 Å². The van der Waals surface area contributed by atoms with Crippen LogP contribution in [0.5, 0.6) is 0 Å². The third-order valence-electron chi connectivity index (χ3n) is 3.41. The minimum Gasteiger partial charge on any atom is -0.469 e. The van der Waals surface area contributed by atoms with Crippen molar-refractivity contribution in [2.45, 2.75) is 20.4 Å². The van der Waals surface area contributed by atoms with E-state index < -0.39 is 0 Å². The van der Waals surface area contributed by atoms with Crippen LogP contribution < -0.4 is 5.32 Å². The first-order valence-electron chi connectivity index (χ1n) is 6.51. The first kappa shape index (κ1) is 14.9. The number of carbonyl (C=O) groups excluding carboxylic acids is 2. The number of carbonyl (C=O) groups is 2. The molecule has 1 aromatic heterocycles. The number of hydrogen-bond donors (Lipinski definition) is 1. The van der Waals surface area contributed by atoms with Crippen LogP contribution in [0.4, 0.5) is 5.13 Å². The highest BCUT2D eigenvalue weighted by atomic mass is 32.1. The van der Waals surface area contributed by atoms with Gasteiger partial charge in [-0.2, -0.15) is 0 Å². The lowest BCUT2D eigenvalue weighted by Crippen LogP contribution is -2.24. The summed E-state index contributed by atoms with van der Waals surface area (Å²) < 4.78 is 4.82. The Kier molecular flexibility index (Phi) is 4.72. The van der Waals surface area contributed by atoms with Crippen molar-refractivity contribution in [3.63, 3.8) is 0 Å². The Morgan fingerprint density at radius 2 is 2.30 bits per heavy atom. The summed E-state index contributed by atoms with van der Waals surface area (Å²) in [7, 11) is 1.43. The van der Waals surface area contributed by atoms with Crippen molar-refractivity contribution in [1.29, 1.82) is 0 Å². The van der Waals surface area contributed by atoms with Crippen LogP contribution in [0.25, 0.3) is 0 Å². The number of likely N-dealkylation sites (tertiary alicyclic amines) is 1. The van der Waals surface area contributed by atoms with Gasteiger partial charge in [-0.05, 0) is 5.92 Å². The lowest BCUT2D eigenvalue weighted by molar-refractivity contribution is -0.146.